The molecule has 0 saturated carbocycles. The second-order valence-corrected chi connectivity index (χ2v) is 8.41. The fourth-order valence-corrected chi connectivity index (χ4v) is 4.31. The van der Waals surface area contributed by atoms with Crippen molar-refractivity contribution >= 4 is 34.9 Å². The van der Waals surface area contributed by atoms with E-state index in [9.17, 15) is 19.2 Å². The Morgan fingerprint density at radius 1 is 1.22 bits per heavy atom. The third-order valence-electron chi connectivity index (χ3n) is 5.74. The van der Waals surface area contributed by atoms with E-state index in [-0.39, 0.29) is 43.2 Å². The zero-order valence-electron chi connectivity index (χ0n) is 17.6. The zero-order valence-corrected chi connectivity index (χ0v) is 18.4. The predicted molar refractivity (Wildman–Crippen MR) is 119 cm³/mol. The van der Waals surface area contributed by atoms with E-state index in [1.54, 1.807) is 31.2 Å². The molecule has 166 valence electrons. The number of benzene rings is 1. The molecule has 0 spiro atoms. The topological polar surface area (TPSA) is 110 Å². The second-order valence-electron chi connectivity index (χ2n) is 7.97. The molecule has 2 N–H and O–H groups in total. The fraction of sp³-hybridized carbons (Fsp3) is 0.348. The van der Waals surface area contributed by atoms with E-state index in [1.165, 1.54) is 4.57 Å². The van der Waals surface area contributed by atoms with Gasteiger partial charge in [-0.25, -0.2) is 4.98 Å². The number of rotatable bonds is 5. The quantitative estimate of drug-likeness (QED) is 0.670. The van der Waals surface area contributed by atoms with Gasteiger partial charge in [0.2, 0.25) is 17.7 Å². The Morgan fingerprint density at radius 2 is 1.97 bits per heavy atom. The maximum absolute atomic E-state index is 13.4. The Bertz CT molecular complexity index is 1180. The van der Waals surface area contributed by atoms with Gasteiger partial charge in [0.15, 0.2) is 0 Å². The minimum absolute atomic E-state index is 0.169. The van der Waals surface area contributed by atoms with Crippen molar-refractivity contribution in [3.63, 3.8) is 0 Å². The maximum atomic E-state index is 13.4. The van der Waals surface area contributed by atoms with Crippen LogP contribution in [0.1, 0.15) is 47.9 Å². The highest BCUT2D eigenvalue weighted by atomic mass is 35.5. The number of aromatic nitrogens is 2. The van der Waals surface area contributed by atoms with E-state index < -0.39 is 11.9 Å². The lowest BCUT2D eigenvalue weighted by Gasteiger charge is -2.26. The highest BCUT2D eigenvalue weighted by molar-refractivity contribution is 6.30. The number of hydrogen-bond donors (Lipinski definition) is 2. The molecule has 1 unspecified atom stereocenters. The third kappa shape index (κ3) is 4.50. The van der Waals surface area contributed by atoms with Gasteiger partial charge in [0.25, 0.3) is 5.56 Å². The number of allylic oxidation sites excluding steroid dienone is 1. The number of fused-ring (bicyclic) bond motifs is 1. The molecule has 0 radical (unpaired) electrons. The molecule has 1 atom stereocenters. The van der Waals surface area contributed by atoms with Crippen molar-refractivity contribution in [2.24, 2.45) is 0 Å². The summed E-state index contributed by atoms with van der Waals surface area (Å²) in [6.07, 6.45) is 3.88. The number of carbonyl (C=O) groups is 3. The van der Waals surface area contributed by atoms with Crippen LogP contribution in [0.3, 0.4) is 0 Å². The smallest absolute Gasteiger partial charge is 0.262 e. The summed E-state index contributed by atoms with van der Waals surface area (Å²) in [4.78, 5) is 54.3. The summed E-state index contributed by atoms with van der Waals surface area (Å²) < 4.78 is 1.37. The monoisotopic (exact) mass is 454 g/mol. The van der Waals surface area contributed by atoms with Crippen molar-refractivity contribution in [1.29, 1.82) is 0 Å². The van der Waals surface area contributed by atoms with Crippen LogP contribution in [0.15, 0.2) is 35.1 Å². The lowest BCUT2D eigenvalue weighted by molar-refractivity contribution is -0.135. The van der Waals surface area contributed by atoms with Crippen molar-refractivity contribution in [3.8, 4) is 0 Å². The standard InChI is InChI=1S/C23H23ClN4O4/c1-13-26-17-4-2-3-15(12-25-20(30)11-14-5-7-16(24)8-6-14)21(17)23(32)28(13)18-9-10-19(29)27-22(18)31/h3,5-8,18H,2,4,9-12H2,1H3,(H,25,30)(H,27,29,31). The molecule has 1 saturated heterocycles. The van der Waals surface area contributed by atoms with E-state index in [4.69, 9.17) is 11.6 Å². The number of nitrogens with zero attached hydrogens (tertiary/aromatic N) is 2. The van der Waals surface area contributed by atoms with Gasteiger partial charge in [-0.15, -0.1) is 0 Å². The normalized spacial score (nSPS) is 17.9. The highest BCUT2D eigenvalue weighted by Crippen LogP contribution is 2.25. The number of amides is 3. The van der Waals surface area contributed by atoms with Crippen LogP contribution in [0.2, 0.25) is 5.02 Å². The summed E-state index contributed by atoms with van der Waals surface area (Å²) in [5, 5.41) is 5.77. The summed E-state index contributed by atoms with van der Waals surface area (Å²) in [6.45, 7) is 1.88. The lowest BCUT2D eigenvalue weighted by atomic mass is 9.94. The van der Waals surface area contributed by atoms with Gasteiger partial charge in [-0.2, -0.15) is 0 Å². The minimum atomic E-state index is -0.777. The summed E-state index contributed by atoms with van der Waals surface area (Å²) in [5.74, 6) is -0.570. The minimum Gasteiger partial charge on any atom is -0.352 e. The summed E-state index contributed by atoms with van der Waals surface area (Å²) in [7, 11) is 0. The molecule has 4 rings (SSSR count). The third-order valence-corrected chi connectivity index (χ3v) is 5.99. The second kappa shape index (κ2) is 9.08. The van der Waals surface area contributed by atoms with Crippen molar-refractivity contribution in [1.82, 2.24) is 20.2 Å². The summed E-state index contributed by atoms with van der Waals surface area (Å²) in [5.41, 5.74) is 2.30. The molecular formula is C23H23ClN4O4. The van der Waals surface area contributed by atoms with E-state index in [0.29, 0.717) is 40.5 Å². The molecule has 1 aliphatic heterocycles. The molecule has 1 aromatic carbocycles. The molecule has 9 heteroatoms. The maximum Gasteiger partial charge on any atom is 0.262 e. The lowest BCUT2D eigenvalue weighted by Crippen LogP contribution is -2.46. The summed E-state index contributed by atoms with van der Waals surface area (Å²) in [6, 6.07) is 6.27. The first kappa shape index (κ1) is 22.0. The van der Waals surface area contributed by atoms with Crippen LogP contribution in [0.5, 0.6) is 0 Å². The SMILES string of the molecule is Cc1nc2c(c(=O)n1C1CCC(=O)NC1=O)C(CNC(=O)Cc1ccc(Cl)cc1)=CCC2. The highest BCUT2D eigenvalue weighted by Gasteiger charge is 2.32. The van der Waals surface area contributed by atoms with Gasteiger partial charge in [0.05, 0.1) is 17.7 Å². The first-order valence-electron chi connectivity index (χ1n) is 10.5. The largest absolute Gasteiger partial charge is 0.352 e. The van der Waals surface area contributed by atoms with Crippen LogP contribution < -0.4 is 16.2 Å². The van der Waals surface area contributed by atoms with Crippen molar-refractivity contribution < 1.29 is 14.4 Å². The van der Waals surface area contributed by atoms with Crippen molar-refractivity contribution in [2.45, 2.75) is 45.1 Å². The first-order chi connectivity index (χ1) is 15.3. The molecule has 1 fully saturated rings. The van der Waals surface area contributed by atoms with Gasteiger partial charge in [-0.3, -0.25) is 29.1 Å². The van der Waals surface area contributed by atoms with E-state index >= 15 is 0 Å². The molecule has 3 amide bonds. The summed E-state index contributed by atoms with van der Waals surface area (Å²) >= 11 is 5.88. The number of carbonyl (C=O) groups excluding carboxylic acids is 3. The molecule has 1 aliphatic carbocycles. The average Bonchev–Trinajstić information content (AvgIpc) is 2.75. The Balaban J connectivity index is 1.55. The van der Waals surface area contributed by atoms with Gasteiger partial charge in [0, 0.05) is 18.0 Å². The van der Waals surface area contributed by atoms with E-state index in [1.807, 2.05) is 6.08 Å². The molecule has 8 nitrogen and oxygen atoms in total. The molecule has 2 aliphatic rings. The molecule has 1 aromatic heterocycles. The molecule has 0 bridgehead atoms. The Morgan fingerprint density at radius 3 is 2.69 bits per heavy atom. The van der Waals surface area contributed by atoms with Crippen molar-refractivity contribution in [3.05, 3.63) is 68.4 Å². The van der Waals surface area contributed by atoms with Crippen LogP contribution in [0, 0.1) is 6.92 Å². The Labute approximate surface area is 189 Å². The van der Waals surface area contributed by atoms with Crippen LogP contribution >= 0.6 is 11.6 Å². The molecular weight excluding hydrogens is 432 g/mol. The number of nitrogens with one attached hydrogen (secondary N) is 2. The number of piperidine rings is 1. The molecule has 2 aromatic rings. The van der Waals surface area contributed by atoms with Gasteiger partial charge >= 0.3 is 0 Å². The van der Waals surface area contributed by atoms with Crippen molar-refractivity contribution in [2.75, 3.05) is 6.54 Å². The van der Waals surface area contributed by atoms with Gasteiger partial charge in [0.1, 0.15) is 11.9 Å². The average molecular weight is 455 g/mol. The number of imide groups is 1. The Kier molecular flexibility index (Phi) is 6.23. The fourth-order valence-electron chi connectivity index (χ4n) is 4.18. The van der Waals surface area contributed by atoms with Crippen LogP contribution in [-0.4, -0.2) is 33.8 Å². The zero-order chi connectivity index (χ0) is 22.8. The Hall–Kier alpha value is -3.26. The predicted octanol–water partition coefficient (Wildman–Crippen LogP) is 1.87. The number of halogens is 1. The first-order valence-corrected chi connectivity index (χ1v) is 10.9. The molecule has 32 heavy (non-hydrogen) atoms. The van der Waals surface area contributed by atoms with E-state index in [2.05, 4.69) is 15.6 Å². The number of aryl methyl sites for hydroxylation is 2. The number of hydrogen-bond acceptors (Lipinski definition) is 5. The van der Waals surface area contributed by atoms with Gasteiger partial charge < -0.3 is 5.32 Å². The van der Waals surface area contributed by atoms with Crippen LogP contribution in [0.4, 0.5) is 0 Å². The van der Waals surface area contributed by atoms with Gasteiger partial charge in [-0.1, -0.05) is 29.8 Å². The van der Waals surface area contributed by atoms with Gasteiger partial charge in [-0.05, 0) is 49.5 Å². The molecule has 2 heterocycles. The van der Waals surface area contributed by atoms with E-state index in [0.717, 1.165) is 5.56 Å². The van der Waals surface area contributed by atoms with Crippen LogP contribution in [-0.2, 0) is 27.2 Å². The van der Waals surface area contributed by atoms with Crippen LogP contribution in [0.25, 0.3) is 5.57 Å².